The molecule has 0 bridgehead atoms. The lowest BCUT2D eigenvalue weighted by atomic mass is 9.86. The number of hydrogen-bond acceptors (Lipinski definition) is 7. The minimum atomic E-state index is 0.425. The Hall–Kier alpha value is -2.67. The molecule has 1 fully saturated rings. The predicted molar refractivity (Wildman–Crippen MR) is 109 cm³/mol. The molecule has 3 heterocycles. The summed E-state index contributed by atoms with van der Waals surface area (Å²) in [6, 6.07) is 6.38. The number of nitrogens with one attached hydrogen (secondary N) is 2. The van der Waals surface area contributed by atoms with E-state index in [2.05, 4.69) is 30.6 Å². The van der Waals surface area contributed by atoms with Crippen LogP contribution in [0.3, 0.4) is 0 Å². The van der Waals surface area contributed by atoms with Crippen LogP contribution in [0.4, 0.5) is 17.5 Å². The van der Waals surface area contributed by atoms with E-state index in [0.717, 1.165) is 48.9 Å². The molecule has 4 N–H and O–H groups in total. The normalized spacial score (nSPS) is 19.7. The summed E-state index contributed by atoms with van der Waals surface area (Å²) in [4.78, 5) is 17.1. The van der Waals surface area contributed by atoms with Crippen LogP contribution >= 0.6 is 11.6 Å². The molecule has 3 aromatic rings. The summed E-state index contributed by atoms with van der Waals surface area (Å²) in [6.07, 6.45) is 9.45. The number of halogens is 1. The van der Waals surface area contributed by atoms with Gasteiger partial charge < -0.3 is 16.4 Å². The molecule has 3 aromatic heterocycles. The van der Waals surface area contributed by atoms with Crippen LogP contribution in [0.25, 0.3) is 10.9 Å². The Morgan fingerprint density at radius 2 is 1.81 bits per heavy atom. The fourth-order valence-electron chi connectivity index (χ4n) is 3.48. The Kier molecular flexibility index (Phi) is 5.20. The minimum absolute atomic E-state index is 0.425. The fourth-order valence-corrected chi connectivity index (χ4v) is 3.69. The minimum Gasteiger partial charge on any atom is -0.396 e. The van der Waals surface area contributed by atoms with Crippen LogP contribution in [-0.2, 0) is 0 Å². The third-order valence-electron chi connectivity index (χ3n) is 4.98. The highest BCUT2D eigenvalue weighted by Crippen LogP contribution is 2.27. The highest BCUT2D eigenvalue weighted by atomic mass is 35.5. The molecule has 7 nitrogen and oxygen atoms in total. The summed E-state index contributed by atoms with van der Waals surface area (Å²) in [6.45, 7) is 0.881. The first-order valence-corrected chi connectivity index (χ1v) is 9.54. The molecule has 4 rings (SSSR count). The largest absolute Gasteiger partial charge is 0.396 e. The van der Waals surface area contributed by atoms with Crippen LogP contribution in [0.5, 0.6) is 0 Å². The molecule has 0 saturated heterocycles. The first kappa shape index (κ1) is 17.7. The van der Waals surface area contributed by atoms with Crippen molar-refractivity contribution in [3.8, 4) is 0 Å². The average molecular weight is 384 g/mol. The van der Waals surface area contributed by atoms with Crippen LogP contribution in [0.1, 0.15) is 25.7 Å². The summed E-state index contributed by atoms with van der Waals surface area (Å²) in [5, 5.41) is 8.29. The molecule has 0 unspecified atom stereocenters. The molecule has 1 saturated carbocycles. The van der Waals surface area contributed by atoms with E-state index in [9.17, 15) is 0 Å². The number of pyridine rings is 2. The summed E-state index contributed by atoms with van der Waals surface area (Å²) >= 11 is 6.16. The maximum atomic E-state index is 6.16. The van der Waals surface area contributed by atoms with E-state index in [1.807, 2.05) is 18.2 Å². The Balaban J connectivity index is 1.29. The van der Waals surface area contributed by atoms with Crippen molar-refractivity contribution in [1.29, 1.82) is 0 Å². The molecule has 0 aromatic carbocycles. The number of rotatable bonds is 5. The zero-order valence-corrected chi connectivity index (χ0v) is 15.7. The lowest BCUT2D eigenvalue weighted by Crippen LogP contribution is -2.29. The van der Waals surface area contributed by atoms with Crippen molar-refractivity contribution in [2.75, 3.05) is 22.9 Å². The molecule has 1 aliphatic carbocycles. The maximum absolute atomic E-state index is 6.16. The van der Waals surface area contributed by atoms with Crippen LogP contribution < -0.4 is 16.4 Å². The quantitative estimate of drug-likeness (QED) is 0.577. The summed E-state index contributed by atoms with van der Waals surface area (Å²) < 4.78 is 0. The van der Waals surface area contributed by atoms with E-state index in [-0.39, 0.29) is 0 Å². The number of anilines is 3. The maximum Gasteiger partial charge on any atom is 0.222 e. The summed E-state index contributed by atoms with van der Waals surface area (Å²) in [5.41, 5.74) is 6.92. The highest BCUT2D eigenvalue weighted by molar-refractivity contribution is 6.33. The number of nitrogens with two attached hydrogens (primary N) is 1. The lowest BCUT2D eigenvalue weighted by molar-refractivity contribution is 0.350. The number of fused-ring (bicyclic) bond motifs is 1. The van der Waals surface area contributed by atoms with Crippen molar-refractivity contribution in [2.24, 2.45) is 5.92 Å². The molecule has 0 radical (unpaired) electrons. The molecule has 0 atom stereocenters. The second-order valence-corrected chi connectivity index (χ2v) is 7.31. The van der Waals surface area contributed by atoms with Crippen molar-refractivity contribution in [1.82, 2.24) is 19.9 Å². The molecule has 140 valence electrons. The van der Waals surface area contributed by atoms with Crippen LogP contribution in [0, 0.1) is 5.92 Å². The molecular weight excluding hydrogens is 362 g/mol. The Morgan fingerprint density at radius 1 is 1.04 bits per heavy atom. The summed E-state index contributed by atoms with van der Waals surface area (Å²) in [7, 11) is 0. The fraction of sp³-hybridized carbons (Fsp3) is 0.368. The molecule has 27 heavy (non-hydrogen) atoms. The van der Waals surface area contributed by atoms with E-state index in [0.29, 0.717) is 28.7 Å². The van der Waals surface area contributed by atoms with E-state index in [1.165, 1.54) is 0 Å². The number of nitrogens with zero attached hydrogens (tertiary/aromatic N) is 4. The Bertz CT molecular complexity index is 908. The van der Waals surface area contributed by atoms with Gasteiger partial charge in [-0.15, -0.1) is 0 Å². The SMILES string of the molecule is Nc1cnc(NC[C@H]2CC[C@H](Nc3ccc4ccnc(Cl)c4n3)CC2)nc1. The van der Waals surface area contributed by atoms with Gasteiger partial charge in [-0.05, 0) is 49.8 Å². The third-order valence-corrected chi connectivity index (χ3v) is 5.26. The smallest absolute Gasteiger partial charge is 0.222 e. The molecule has 8 heteroatoms. The van der Waals surface area contributed by atoms with E-state index in [4.69, 9.17) is 17.3 Å². The predicted octanol–water partition coefficient (Wildman–Crippen LogP) is 3.74. The number of nitrogen functional groups attached to an aromatic ring is 1. The zero-order valence-electron chi connectivity index (χ0n) is 14.9. The molecule has 0 amide bonds. The van der Waals surface area contributed by atoms with Gasteiger partial charge in [0.1, 0.15) is 11.3 Å². The van der Waals surface area contributed by atoms with Gasteiger partial charge in [0, 0.05) is 24.2 Å². The number of hydrogen-bond donors (Lipinski definition) is 3. The van der Waals surface area contributed by atoms with Gasteiger partial charge in [0.2, 0.25) is 5.95 Å². The van der Waals surface area contributed by atoms with Gasteiger partial charge in [0.25, 0.3) is 0 Å². The van der Waals surface area contributed by atoms with Gasteiger partial charge >= 0.3 is 0 Å². The Labute approximate surface area is 162 Å². The molecule has 0 spiro atoms. The topological polar surface area (TPSA) is 102 Å². The Morgan fingerprint density at radius 3 is 2.59 bits per heavy atom. The lowest BCUT2D eigenvalue weighted by Gasteiger charge is -2.29. The van der Waals surface area contributed by atoms with Gasteiger partial charge in [-0.3, -0.25) is 0 Å². The van der Waals surface area contributed by atoms with Crippen LogP contribution in [0.15, 0.2) is 36.8 Å². The molecular formula is C19H22ClN7. The van der Waals surface area contributed by atoms with E-state index in [1.54, 1.807) is 18.6 Å². The summed E-state index contributed by atoms with van der Waals surface area (Å²) in [5.74, 6) is 2.11. The second-order valence-electron chi connectivity index (χ2n) is 6.95. The molecule has 1 aliphatic rings. The van der Waals surface area contributed by atoms with Crippen molar-refractivity contribution in [3.63, 3.8) is 0 Å². The van der Waals surface area contributed by atoms with Crippen LogP contribution in [-0.4, -0.2) is 32.5 Å². The van der Waals surface area contributed by atoms with Crippen molar-refractivity contribution >= 4 is 40.0 Å². The van der Waals surface area contributed by atoms with Crippen molar-refractivity contribution < 1.29 is 0 Å². The first-order chi connectivity index (χ1) is 13.2. The first-order valence-electron chi connectivity index (χ1n) is 9.16. The van der Waals surface area contributed by atoms with E-state index < -0.39 is 0 Å². The van der Waals surface area contributed by atoms with Gasteiger partial charge in [-0.1, -0.05) is 11.6 Å². The third kappa shape index (κ3) is 4.36. The van der Waals surface area contributed by atoms with E-state index >= 15 is 0 Å². The van der Waals surface area contributed by atoms with Gasteiger partial charge in [0.05, 0.1) is 18.1 Å². The monoisotopic (exact) mass is 383 g/mol. The molecule has 0 aliphatic heterocycles. The van der Waals surface area contributed by atoms with Crippen molar-refractivity contribution in [3.05, 3.63) is 41.9 Å². The zero-order chi connectivity index (χ0) is 18.6. The van der Waals surface area contributed by atoms with Crippen molar-refractivity contribution in [2.45, 2.75) is 31.7 Å². The van der Waals surface area contributed by atoms with Crippen LogP contribution in [0.2, 0.25) is 5.15 Å². The van der Waals surface area contributed by atoms with Gasteiger partial charge in [0.15, 0.2) is 5.15 Å². The standard InChI is InChI=1S/C19H22ClN7/c20-18-17-13(7-8-22-18)3-6-16(27-17)26-15-4-1-12(2-5-15)9-23-19-24-10-14(21)11-25-19/h3,6-8,10-12,15H,1-2,4-5,9,21H2,(H,26,27)(H,23,24,25)/t12-,15-. The second kappa shape index (κ2) is 7.92. The van der Waals surface area contributed by atoms with Gasteiger partial charge in [-0.2, -0.15) is 0 Å². The number of aromatic nitrogens is 4. The average Bonchev–Trinajstić information content (AvgIpc) is 2.69. The highest BCUT2D eigenvalue weighted by Gasteiger charge is 2.21. The van der Waals surface area contributed by atoms with Gasteiger partial charge in [-0.25, -0.2) is 19.9 Å².